The number of hydrogen-bond donors (Lipinski definition) is 0. The molecule has 1 amide bonds. The molecule has 0 bridgehead atoms. The van der Waals surface area contributed by atoms with Crippen LogP contribution in [0.3, 0.4) is 0 Å². The third kappa shape index (κ3) is 3.32. The number of fused-ring (bicyclic) bond motifs is 2. The predicted molar refractivity (Wildman–Crippen MR) is 116 cm³/mol. The van der Waals surface area contributed by atoms with Crippen molar-refractivity contribution in [2.75, 3.05) is 24.5 Å². The van der Waals surface area contributed by atoms with Gasteiger partial charge in [0.25, 0.3) is 0 Å². The van der Waals surface area contributed by atoms with Gasteiger partial charge in [0.05, 0.1) is 0 Å². The van der Waals surface area contributed by atoms with E-state index in [0.717, 1.165) is 39.0 Å². The van der Waals surface area contributed by atoms with Crippen molar-refractivity contribution in [3.05, 3.63) is 64.7 Å². The highest BCUT2D eigenvalue weighted by Crippen LogP contribution is 2.47. The monoisotopic (exact) mass is 376 g/mol. The molecular weight excluding hydrogens is 344 g/mol. The summed E-state index contributed by atoms with van der Waals surface area (Å²) >= 11 is 0. The molecule has 2 aliphatic heterocycles. The largest absolute Gasteiger partial charge is 0.366 e. The van der Waals surface area contributed by atoms with E-state index in [1.165, 1.54) is 27.9 Å². The lowest BCUT2D eigenvalue weighted by atomic mass is 9.74. The van der Waals surface area contributed by atoms with E-state index in [1.807, 2.05) is 13.8 Å². The maximum Gasteiger partial charge on any atom is 0.225 e. The quantitative estimate of drug-likeness (QED) is 0.765. The third-order valence-electron chi connectivity index (χ3n) is 6.70. The molecule has 3 heteroatoms. The molecule has 28 heavy (non-hydrogen) atoms. The number of amides is 1. The number of anilines is 1. The molecular formula is C25H32N2O. The summed E-state index contributed by atoms with van der Waals surface area (Å²) in [5, 5.41) is 0. The van der Waals surface area contributed by atoms with Gasteiger partial charge < -0.3 is 9.80 Å². The van der Waals surface area contributed by atoms with Crippen LogP contribution in [0.25, 0.3) is 0 Å². The molecule has 0 N–H and O–H groups in total. The summed E-state index contributed by atoms with van der Waals surface area (Å²) in [6, 6.07) is 15.7. The summed E-state index contributed by atoms with van der Waals surface area (Å²) in [7, 11) is 0. The van der Waals surface area contributed by atoms with E-state index in [2.05, 4.69) is 66.1 Å². The predicted octanol–water partition coefficient (Wildman–Crippen LogP) is 4.84. The van der Waals surface area contributed by atoms with Gasteiger partial charge in [0.15, 0.2) is 0 Å². The summed E-state index contributed by atoms with van der Waals surface area (Å²) in [5.41, 5.74) is 7.15. The number of carbonyl (C=O) groups excluding carboxylic acids is 1. The fourth-order valence-electron chi connectivity index (χ4n) is 5.05. The second-order valence-electron chi connectivity index (χ2n) is 9.06. The van der Waals surface area contributed by atoms with Gasteiger partial charge in [-0.2, -0.15) is 0 Å². The van der Waals surface area contributed by atoms with Gasteiger partial charge in [0.2, 0.25) is 5.91 Å². The molecule has 1 fully saturated rings. The van der Waals surface area contributed by atoms with E-state index >= 15 is 0 Å². The fourth-order valence-corrected chi connectivity index (χ4v) is 5.05. The van der Waals surface area contributed by atoms with Crippen LogP contribution in [-0.4, -0.2) is 30.4 Å². The van der Waals surface area contributed by atoms with E-state index in [0.29, 0.717) is 5.91 Å². The molecule has 1 saturated heterocycles. The Morgan fingerprint density at radius 1 is 1.07 bits per heavy atom. The minimum Gasteiger partial charge on any atom is -0.366 e. The molecule has 2 aliphatic rings. The van der Waals surface area contributed by atoms with Crippen molar-refractivity contribution >= 4 is 11.6 Å². The normalized spacial score (nSPS) is 18.0. The van der Waals surface area contributed by atoms with Gasteiger partial charge in [-0.25, -0.2) is 0 Å². The molecule has 4 rings (SSSR count). The molecule has 0 radical (unpaired) electrons. The molecule has 0 aliphatic carbocycles. The van der Waals surface area contributed by atoms with Gasteiger partial charge >= 0.3 is 0 Å². The van der Waals surface area contributed by atoms with Crippen molar-refractivity contribution in [2.24, 2.45) is 5.92 Å². The number of rotatable bonds is 3. The lowest BCUT2D eigenvalue weighted by Crippen LogP contribution is -2.48. The van der Waals surface area contributed by atoms with Crippen LogP contribution in [0.15, 0.2) is 42.5 Å². The molecule has 148 valence electrons. The topological polar surface area (TPSA) is 23.6 Å². The second-order valence-corrected chi connectivity index (χ2v) is 9.06. The van der Waals surface area contributed by atoms with Gasteiger partial charge in [-0.05, 0) is 49.4 Å². The SMILES string of the molecule is Cc1ccc(CN2CC3(CCN(C(=O)C(C)C)CC3)c3ccccc32)c(C)c1. The third-order valence-corrected chi connectivity index (χ3v) is 6.70. The van der Waals surface area contributed by atoms with Gasteiger partial charge in [0, 0.05) is 43.2 Å². The lowest BCUT2D eigenvalue weighted by molar-refractivity contribution is -0.136. The summed E-state index contributed by atoms with van der Waals surface area (Å²) in [5.74, 6) is 0.388. The molecule has 0 atom stereocenters. The Morgan fingerprint density at radius 3 is 2.46 bits per heavy atom. The standard InChI is InChI=1S/C25H32N2O/c1-18(2)24(28)26-13-11-25(12-14-26)17-27(23-8-6-5-7-22(23)25)16-21-10-9-19(3)15-20(21)4/h5-10,15,18H,11-14,16-17H2,1-4H3. The fraction of sp³-hybridized carbons (Fsp3) is 0.480. The molecule has 1 spiro atoms. The van der Waals surface area contributed by atoms with Gasteiger partial charge in [0.1, 0.15) is 0 Å². The maximum atomic E-state index is 12.4. The zero-order chi connectivity index (χ0) is 19.9. The van der Waals surface area contributed by atoms with Crippen LogP contribution < -0.4 is 4.90 Å². The Hall–Kier alpha value is -2.29. The first-order chi connectivity index (χ1) is 13.4. The van der Waals surface area contributed by atoms with E-state index in [-0.39, 0.29) is 11.3 Å². The first-order valence-electron chi connectivity index (χ1n) is 10.6. The second kappa shape index (κ2) is 7.27. The summed E-state index contributed by atoms with van der Waals surface area (Å²) in [4.78, 5) is 17.1. The smallest absolute Gasteiger partial charge is 0.225 e. The number of piperidine rings is 1. The van der Waals surface area contributed by atoms with Crippen LogP contribution in [0.4, 0.5) is 5.69 Å². The van der Waals surface area contributed by atoms with Crippen LogP contribution >= 0.6 is 0 Å². The molecule has 2 heterocycles. The molecule has 0 unspecified atom stereocenters. The number of nitrogens with zero attached hydrogens (tertiary/aromatic N) is 2. The highest BCUT2D eigenvalue weighted by atomic mass is 16.2. The zero-order valence-corrected chi connectivity index (χ0v) is 17.7. The number of hydrogen-bond acceptors (Lipinski definition) is 2. The Morgan fingerprint density at radius 2 is 1.79 bits per heavy atom. The van der Waals surface area contributed by atoms with Crippen LogP contribution in [-0.2, 0) is 16.8 Å². The molecule has 2 aromatic rings. The minimum absolute atomic E-state index is 0.0888. The Kier molecular flexibility index (Phi) is 4.95. The minimum atomic E-state index is 0.0888. The van der Waals surface area contributed by atoms with Crippen LogP contribution in [0.5, 0.6) is 0 Å². The first-order valence-corrected chi connectivity index (χ1v) is 10.6. The summed E-state index contributed by atoms with van der Waals surface area (Å²) in [6.07, 6.45) is 2.12. The van der Waals surface area contributed by atoms with Crippen molar-refractivity contribution in [3.8, 4) is 0 Å². The number of aryl methyl sites for hydroxylation is 2. The Bertz CT molecular complexity index is 878. The van der Waals surface area contributed by atoms with Gasteiger partial charge in [-0.15, -0.1) is 0 Å². The average molecular weight is 377 g/mol. The van der Waals surface area contributed by atoms with Gasteiger partial charge in [-0.3, -0.25) is 4.79 Å². The van der Waals surface area contributed by atoms with E-state index in [4.69, 9.17) is 0 Å². The molecule has 2 aromatic carbocycles. The Labute approximate surface area is 169 Å². The molecule has 0 saturated carbocycles. The van der Waals surface area contributed by atoms with Crippen molar-refractivity contribution in [2.45, 2.75) is 52.5 Å². The lowest BCUT2D eigenvalue weighted by Gasteiger charge is -2.40. The van der Waals surface area contributed by atoms with Crippen LogP contribution in [0, 0.1) is 19.8 Å². The van der Waals surface area contributed by atoms with E-state index in [1.54, 1.807) is 0 Å². The first kappa shape index (κ1) is 19.0. The van der Waals surface area contributed by atoms with Crippen molar-refractivity contribution in [1.29, 1.82) is 0 Å². The van der Waals surface area contributed by atoms with Gasteiger partial charge in [-0.1, -0.05) is 55.8 Å². The summed E-state index contributed by atoms with van der Waals surface area (Å²) in [6.45, 7) is 12.2. The van der Waals surface area contributed by atoms with E-state index < -0.39 is 0 Å². The maximum absolute atomic E-state index is 12.4. The Balaban J connectivity index is 1.58. The number of benzene rings is 2. The molecule has 3 nitrogen and oxygen atoms in total. The number of likely N-dealkylation sites (tertiary alicyclic amines) is 1. The highest BCUT2D eigenvalue weighted by molar-refractivity contribution is 5.78. The average Bonchev–Trinajstić information content (AvgIpc) is 2.98. The number of para-hydroxylation sites is 1. The van der Waals surface area contributed by atoms with Crippen LogP contribution in [0.1, 0.15) is 48.9 Å². The van der Waals surface area contributed by atoms with E-state index in [9.17, 15) is 4.79 Å². The molecule has 0 aromatic heterocycles. The summed E-state index contributed by atoms with van der Waals surface area (Å²) < 4.78 is 0. The van der Waals surface area contributed by atoms with Crippen molar-refractivity contribution in [3.63, 3.8) is 0 Å². The van der Waals surface area contributed by atoms with Crippen LogP contribution in [0.2, 0.25) is 0 Å². The van der Waals surface area contributed by atoms with Crippen molar-refractivity contribution < 1.29 is 4.79 Å². The highest BCUT2D eigenvalue weighted by Gasteiger charge is 2.45. The number of carbonyl (C=O) groups is 1. The van der Waals surface area contributed by atoms with Crippen molar-refractivity contribution in [1.82, 2.24) is 4.90 Å². The zero-order valence-electron chi connectivity index (χ0n) is 17.7.